The molecule has 3 N–H and O–H groups in total. The normalized spacial score (nSPS) is 16.9. The summed E-state index contributed by atoms with van der Waals surface area (Å²) in [6.45, 7) is 0.105. The van der Waals surface area contributed by atoms with E-state index >= 15 is 0 Å². The van der Waals surface area contributed by atoms with Crippen molar-refractivity contribution in [2.75, 3.05) is 6.54 Å². The van der Waals surface area contributed by atoms with Gasteiger partial charge in [0.05, 0.1) is 5.39 Å². The lowest BCUT2D eigenvalue weighted by Crippen LogP contribution is -2.38. The van der Waals surface area contributed by atoms with Gasteiger partial charge < -0.3 is 20.4 Å². The van der Waals surface area contributed by atoms with Gasteiger partial charge in [-0.05, 0) is 28.4 Å². The van der Waals surface area contributed by atoms with Gasteiger partial charge in [0, 0.05) is 29.7 Å². The molecule has 0 radical (unpaired) electrons. The fraction of sp³-hybridized carbons (Fsp3) is 0.357. The topological polar surface area (TPSA) is 126 Å². The molecule has 0 bridgehead atoms. The number of carbonyl (C=O) groups excluding carboxylic acids is 2. The monoisotopic (exact) mass is 395 g/mol. The largest absolute Gasteiger partial charge is 0.441 e. The van der Waals surface area contributed by atoms with Crippen molar-refractivity contribution in [2.24, 2.45) is 0 Å². The Balaban J connectivity index is 1.57. The molecule has 1 atom stereocenters. The molecule has 0 aliphatic carbocycles. The summed E-state index contributed by atoms with van der Waals surface area (Å²) in [6.07, 6.45) is 2.02. The number of fused-ring (bicyclic) bond motifs is 1. The second kappa shape index (κ2) is 6.95. The van der Waals surface area contributed by atoms with Crippen LogP contribution in [0.3, 0.4) is 0 Å². The zero-order valence-electron chi connectivity index (χ0n) is 12.5. The van der Waals surface area contributed by atoms with Crippen LogP contribution in [0.2, 0.25) is 0 Å². The molecule has 0 saturated carbocycles. The molecule has 0 aromatic carbocycles. The number of pyridine rings is 1. The van der Waals surface area contributed by atoms with E-state index in [0.29, 0.717) is 29.2 Å². The minimum absolute atomic E-state index is 0.0211. The number of carbonyl (C=O) groups is 2. The van der Waals surface area contributed by atoms with E-state index in [1.807, 2.05) is 0 Å². The lowest BCUT2D eigenvalue weighted by atomic mass is 10.2. The average Bonchev–Trinajstić information content (AvgIpc) is 2.97. The summed E-state index contributed by atoms with van der Waals surface area (Å²) in [7, 11) is 0. The van der Waals surface area contributed by atoms with Gasteiger partial charge in [-0.2, -0.15) is 0 Å². The standard InChI is InChI=1S/C14H14BrN5O4/c15-7-3-9-12(16-4-7)19-10(20-13(9)22)6-24-14(23)17-5-8-1-2-11(21)18-8/h3-4,8H,1-2,5-6H2,(H,17,23)(H,18,21)(H,16,19,20,22)/t8-/m0/s1. The highest BCUT2D eigenvalue weighted by Gasteiger charge is 2.21. The maximum Gasteiger partial charge on any atom is 0.407 e. The molecule has 1 saturated heterocycles. The van der Waals surface area contributed by atoms with Crippen molar-refractivity contribution in [3.8, 4) is 0 Å². The predicted octanol–water partition coefficient (Wildman–Crippen LogP) is 0.585. The van der Waals surface area contributed by atoms with Crippen molar-refractivity contribution in [1.82, 2.24) is 25.6 Å². The number of nitrogens with zero attached hydrogens (tertiary/aromatic N) is 2. The molecule has 1 aliphatic rings. The zero-order chi connectivity index (χ0) is 17.1. The SMILES string of the molecule is O=C1CC[C@@H](CNC(=O)OCc2nc3ncc(Br)cc3c(=O)[nH]2)N1. The zero-order valence-corrected chi connectivity index (χ0v) is 14.1. The Morgan fingerprint density at radius 3 is 3.04 bits per heavy atom. The van der Waals surface area contributed by atoms with E-state index in [4.69, 9.17) is 4.74 Å². The van der Waals surface area contributed by atoms with E-state index in [2.05, 4.69) is 41.5 Å². The highest BCUT2D eigenvalue weighted by molar-refractivity contribution is 9.10. The van der Waals surface area contributed by atoms with Crippen LogP contribution in [0.1, 0.15) is 18.7 Å². The number of hydrogen-bond acceptors (Lipinski definition) is 6. The third-order valence-electron chi connectivity index (χ3n) is 3.49. The first-order chi connectivity index (χ1) is 11.5. The van der Waals surface area contributed by atoms with Crippen LogP contribution in [0.25, 0.3) is 11.0 Å². The second-order valence-corrected chi connectivity index (χ2v) is 6.21. The molecule has 24 heavy (non-hydrogen) atoms. The number of aromatic amines is 1. The smallest absolute Gasteiger partial charge is 0.407 e. The first-order valence-electron chi connectivity index (χ1n) is 7.26. The Bertz CT molecular complexity index is 853. The molecule has 3 rings (SSSR count). The Kier molecular flexibility index (Phi) is 4.74. The molecule has 0 spiro atoms. The van der Waals surface area contributed by atoms with Gasteiger partial charge in [0.25, 0.3) is 5.56 Å². The van der Waals surface area contributed by atoms with Gasteiger partial charge >= 0.3 is 6.09 Å². The third kappa shape index (κ3) is 3.88. The maximum absolute atomic E-state index is 12.0. The number of alkyl carbamates (subject to hydrolysis) is 1. The molecule has 3 heterocycles. The number of rotatable bonds is 4. The lowest BCUT2D eigenvalue weighted by molar-refractivity contribution is -0.119. The Morgan fingerprint density at radius 1 is 1.46 bits per heavy atom. The maximum atomic E-state index is 12.0. The summed E-state index contributed by atoms with van der Waals surface area (Å²) in [5.41, 5.74) is -0.0869. The number of H-pyrrole nitrogens is 1. The minimum atomic E-state index is -0.650. The van der Waals surface area contributed by atoms with Crippen LogP contribution in [0.4, 0.5) is 4.79 Å². The molecule has 10 heteroatoms. The quantitative estimate of drug-likeness (QED) is 0.695. The molecule has 126 valence electrons. The number of hydrogen-bond donors (Lipinski definition) is 3. The van der Waals surface area contributed by atoms with Gasteiger partial charge in [-0.1, -0.05) is 0 Å². The number of amides is 2. The summed E-state index contributed by atoms with van der Waals surface area (Å²) in [4.78, 5) is 45.4. The molecule has 1 aliphatic heterocycles. The molecule has 9 nitrogen and oxygen atoms in total. The van der Waals surface area contributed by atoms with E-state index in [0.717, 1.165) is 0 Å². The molecule has 0 unspecified atom stereocenters. The molecule has 1 fully saturated rings. The molecular weight excluding hydrogens is 382 g/mol. The van der Waals surface area contributed by atoms with Crippen molar-refractivity contribution in [3.63, 3.8) is 0 Å². The van der Waals surface area contributed by atoms with E-state index in [1.54, 1.807) is 6.07 Å². The van der Waals surface area contributed by atoms with Crippen molar-refractivity contribution in [2.45, 2.75) is 25.5 Å². The van der Waals surface area contributed by atoms with E-state index < -0.39 is 6.09 Å². The minimum Gasteiger partial charge on any atom is -0.441 e. The number of halogens is 1. The van der Waals surface area contributed by atoms with Gasteiger partial charge in [0.2, 0.25) is 5.91 Å². The van der Waals surface area contributed by atoms with Gasteiger partial charge in [0.15, 0.2) is 12.3 Å². The van der Waals surface area contributed by atoms with Crippen molar-refractivity contribution >= 4 is 39.0 Å². The summed E-state index contributed by atoms with van der Waals surface area (Å²) in [6, 6.07) is 1.54. The number of nitrogens with one attached hydrogen (secondary N) is 3. The second-order valence-electron chi connectivity index (χ2n) is 5.30. The Morgan fingerprint density at radius 2 is 2.29 bits per heavy atom. The van der Waals surface area contributed by atoms with Crippen LogP contribution in [0.15, 0.2) is 21.5 Å². The summed E-state index contributed by atoms with van der Waals surface area (Å²) >= 11 is 3.24. The van der Waals surface area contributed by atoms with Crippen LogP contribution in [-0.2, 0) is 16.1 Å². The molecule has 2 amide bonds. The van der Waals surface area contributed by atoms with Gasteiger partial charge in [-0.15, -0.1) is 0 Å². The Labute approximate surface area is 144 Å². The van der Waals surface area contributed by atoms with Crippen LogP contribution >= 0.6 is 15.9 Å². The van der Waals surface area contributed by atoms with Crippen LogP contribution in [-0.4, -0.2) is 39.5 Å². The first kappa shape index (κ1) is 16.4. The van der Waals surface area contributed by atoms with Gasteiger partial charge in [0.1, 0.15) is 5.82 Å². The van der Waals surface area contributed by atoms with Gasteiger partial charge in [-0.3, -0.25) is 9.59 Å². The molecule has 2 aromatic heterocycles. The fourth-order valence-electron chi connectivity index (χ4n) is 2.33. The number of ether oxygens (including phenoxy) is 1. The van der Waals surface area contributed by atoms with Gasteiger partial charge in [-0.25, -0.2) is 14.8 Å². The van der Waals surface area contributed by atoms with Crippen molar-refractivity contribution in [1.29, 1.82) is 0 Å². The third-order valence-corrected chi connectivity index (χ3v) is 3.93. The van der Waals surface area contributed by atoms with E-state index in [-0.39, 0.29) is 35.6 Å². The van der Waals surface area contributed by atoms with E-state index in [1.165, 1.54) is 6.20 Å². The average molecular weight is 396 g/mol. The number of aromatic nitrogens is 3. The Hall–Kier alpha value is -2.49. The highest BCUT2D eigenvalue weighted by Crippen LogP contribution is 2.12. The fourth-order valence-corrected chi connectivity index (χ4v) is 2.66. The molecular formula is C14H14BrN5O4. The highest BCUT2D eigenvalue weighted by atomic mass is 79.9. The lowest BCUT2D eigenvalue weighted by Gasteiger charge is -2.11. The summed E-state index contributed by atoms with van der Waals surface area (Å²) in [5, 5.41) is 5.63. The van der Waals surface area contributed by atoms with Crippen LogP contribution < -0.4 is 16.2 Å². The molecule has 2 aromatic rings. The van der Waals surface area contributed by atoms with Crippen LogP contribution in [0.5, 0.6) is 0 Å². The first-order valence-corrected chi connectivity index (χ1v) is 8.05. The van der Waals surface area contributed by atoms with Crippen molar-refractivity contribution in [3.05, 3.63) is 32.9 Å². The summed E-state index contributed by atoms with van der Waals surface area (Å²) < 4.78 is 5.68. The predicted molar refractivity (Wildman–Crippen MR) is 87.2 cm³/mol. The van der Waals surface area contributed by atoms with E-state index in [9.17, 15) is 14.4 Å². The van der Waals surface area contributed by atoms with Crippen molar-refractivity contribution < 1.29 is 14.3 Å². The van der Waals surface area contributed by atoms with Crippen LogP contribution in [0, 0.1) is 0 Å². The summed E-state index contributed by atoms with van der Waals surface area (Å²) in [5.74, 6) is 0.180.